The fourth-order valence-corrected chi connectivity index (χ4v) is 1.14. The van der Waals surface area contributed by atoms with Crippen LogP contribution >= 0.6 is 15.9 Å². The van der Waals surface area contributed by atoms with Gasteiger partial charge >= 0.3 is 0 Å². The number of hydrogen-bond donors (Lipinski definition) is 1. The van der Waals surface area contributed by atoms with Gasteiger partial charge in [-0.05, 0) is 0 Å². The number of alkyl halides is 1. The first-order chi connectivity index (χ1) is 5.65. The van der Waals surface area contributed by atoms with Crippen LogP contribution in [0.4, 0.5) is 5.69 Å². The summed E-state index contributed by atoms with van der Waals surface area (Å²) in [4.78, 5) is 22.9. The maximum atomic E-state index is 10.9. The van der Waals surface area contributed by atoms with Crippen molar-refractivity contribution in [2.75, 3.05) is 0 Å². The van der Waals surface area contributed by atoms with Gasteiger partial charge in [-0.3, -0.25) is 14.9 Å². The van der Waals surface area contributed by atoms with E-state index in [4.69, 9.17) is 0 Å². The van der Waals surface area contributed by atoms with Gasteiger partial charge in [-0.25, -0.2) is 0 Å². The first-order valence-electron chi connectivity index (χ1n) is 3.07. The minimum absolute atomic E-state index is 0.107. The molecule has 1 aromatic heterocycles. The van der Waals surface area contributed by atoms with Crippen LogP contribution in [0.15, 0.2) is 17.1 Å². The second kappa shape index (κ2) is 3.48. The van der Waals surface area contributed by atoms with E-state index < -0.39 is 4.92 Å². The van der Waals surface area contributed by atoms with E-state index in [9.17, 15) is 14.9 Å². The van der Waals surface area contributed by atoms with E-state index >= 15 is 0 Å². The lowest BCUT2D eigenvalue weighted by atomic mass is 10.3. The third-order valence-electron chi connectivity index (χ3n) is 1.32. The largest absolute Gasteiger partial charge is 0.323 e. The predicted octanol–water partition coefficient (Wildman–Crippen LogP) is 1.18. The summed E-state index contributed by atoms with van der Waals surface area (Å²) in [5, 5.41) is 10.6. The molecule has 5 nitrogen and oxygen atoms in total. The molecule has 0 amide bonds. The van der Waals surface area contributed by atoms with Gasteiger partial charge in [-0.1, -0.05) is 15.9 Å². The molecule has 0 radical (unpaired) electrons. The first kappa shape index (κ1) is 8.92. The van der Waals surface area contributed by atoms with E-state index in [1.54, 1.807) is 0 Å². The zero-order valence-electron chi connectivity index (χ0n) is 5.91. The molecule has 0 unspecified atom stereocenters. The molecule has 6 heteroatoms. The van der Waals surface area contributed by atoms with Crippen molar-refractivity contribution in [3.8, 4) is 0 Å². The average Bonchev–Trinajstić information content (AvgIpc) is 2.05. The Hall–Kier alpha value is -1.17. The number of nitro groups is 1. The molecule has 0 saturated heterocycles. The summed E-state index contributed by atoms with van der Waals surface area (Å²) in [7, 11) is 0. The van der Waals surface area contributed by atoms with Crippen LogP contribution in [0.5, 0.6) is 0 Å². The molecule has 0 spiro atoms. The van der Waals surface area contributed by atoms with Gasteiger partial charge in [-0.15, -0.1) is 0 Å². The summed E-state index contributed by atoms with van der Waals surface area (Å²) >= 11 is 3.05. The Bertz CT molecular complexity index is 360. The monoisotopic (exact) mass is 232 g/mol. The third kappa shape index (κ3) is 1.70. The Labute approximate surface area is 75.7 Å². The third-order valence-corrected chi connectivity index (χ3v) is 1.92. The number of H-pyrrole nitrogens is 1. The van der Waals surface area contributed by atoms with Gasteiger partial charge in [0.15, 0.2) is 0 Å². The van der Waals surface area contributed by atoms with Crippen molar-refractivity contribution in [3.63, 3.8) is 0 Å². The highest BCUT2D eigenvalue weighted by Crippen LogP contribution is 2.09. The number of rotatable bonds is 2. The number of nitrogens with zero attached hydrogens (tertiary/aromatic N) is 1. The van der Waals surface area contributed by atoms with E-state index in [0.717, 1.165) is 6.20 Å². The molecule has 1 heterocycles. The summed E-state index contributed by atoms with van der Waals surface area (Å²) in [6, 6.07) is 1.24. The maximum absolute atomic E-state index is 10.9. The van der Waals surface area contributed by atoms with Crippen LogP contribution < -0.4 is 5.56 Å². The van der Waals surface area contributed by atoms with Crippen molar-refractivity contribution in [2.24, 2.45) is 0 Å². The van der Waals surface area contributed by atoms with Crippen molar-refractivity contribution < 1.29 is 4.92 Å². The van der Waals surface area contributed by atoms with E-state index in [1.165, 1.54) is 6.07 Å². The fraction of sp³-hybridized carbons (Fsp3) is 0.167. The minimum atomic E-state index is -0.553. The van der Waals surface area contributed by atoms with Crippen LogP contribution in [-0.4, -0.2) is 9.91 Å². The Kier molecular flexibility index (Phi) is 2.59. The number of halogens is 1. The van der Waals surface area contributed by atoms with Crippen molar-refractivity contribution in [1.29, 1.82) is 0 Å². The summed E-state index contributed by atoms with van der Waals surface area (Å²) in [5.41, 5.74) is -0.0641. The van der Waals surface area contributed by atoms with Crippen LogP contribution in [-0.2, 0) is 5.33 Å². The van der Waals surface area contributed by atoms with Crippen LogP contribution in [0.2, 0.25) is 0 Å². The highest BCUT2D eigenvalue weighted by molar-refractivity contribution is 9.08. The molecule has 1 aromatic rings. The van der Waals surface area contributed by atoms with Crippen molar-refractivity contribution in [2.45, 2.75) is 5.33 Å². The molecule has 0 aliphatic rings. The van der Waals surface area contributed by atoms with Crippen molar-refractivity contribution >= 4 is 21.6 Å². The molecule has 0 saturated carbocycles. The van der Waals surface area contributed by atoms with E-state index in [2.05, 4.69) is 20.9 Å². The molecule has 0 atom stereocenters. The van der Waals surface area contributed by atoms with Gasteiger partial charge in [0, 0.05) is 17.0 Å². The Morgan fingerprint density at radius 3 is 2.83 bits per heavy atom. The Morgan fingerprint density at radius 2 is 2.33 bits per heavy atom. The highest BCUT2D eigenvalue weighted by atomic mass is 79.9. The van der Waals surface area contributed by atoms with Gasteiger partial charge in [0.2, 0.25) is 0 Å². The van der Waals surface area contributed by atoms with E-state index in [-0.39, 0.29) is 11.2 Å². The number of pyridine rings is 1. The van der Waals surface area contributed by atoms with Gasteiger partial charge < -0.3 is 4.98 Å². The van der Waals surface area contributed by atoms with Gasteiger partial charge in [0.05, 0.1) is 11.1 Å². The van der Waals surface area contributed by atoms with Gasteiger partial charge in [0.1, 0.15) is 0 Å². The lowest BCUT2D eigenvalue weighted by Crippen LogP contribution is -2.10. The molecule has 1 N–H and O–H groups in total. The molecule has 0 aromatic carbocycles. The Morgan fingerprint density at radius 1 is 1.67 bits per heavy atom. The normalized spacial score (nSPS) is 9.75. The fourth-order valence-electron chi connectivity index (χ4n) is 0.723. The maximum Gasteiger partial charge on any atom is 0.285 e. The quantitative estimate of drug-likeness (QED) is 0.473. The molecule has 64 valence electrons. The van der Waals surface area contributed by atoms with Crippen LogP contribution in [0.1, 0.15) is 5.56 Å². The number of hydrogen-bond acceptors (Lipinski definition) is 3. The van der Waals surface area contributed by atoms with Crippen LogP contribution in [0.3, 0.4) is 0 Å². The smallest absolute Gasteiger partial charge is 0.285 e. The zero-order valence-corrected chi connectivity index (χ0v) is 7.50. The van der Waals surface area contributed by atoms with E-state index in [0.29, 0.717) is 10.9 Å². The van der Waals surface area contributed by atoms with Crippen LogP contribution in [0.25, 0.3) is 0 Å². The van der Waals surface area contributed by atoms with Crippen molar-refractivity contribution in [3.05, 3.63) is 38.3 Å². The van der Waals surface area contributed by atoms with Crippen molar-refractivity contribution in [1.82, 2.24) is 4.98 Å². The molecule has 0 aliphatic carbocycles. The Balaban J connectivity index is 3.23. The standard InChI is InChI=1S/C6H5BrN2O3/c7-2-4-1-5(9(11)12)3-8-6(4)10/h1,3H,2H2,(H,8,10). The summed E-state index contributed by atoms with van der Waals surface area (Å²) in [5.74, 6) is 0. The molecule has 0 bridgehead atoms. The predicted molar refractivity (Wildman–Crippen MR) is 46.3 cm³/mol. The van der Waals surface area contributed by atoms with Crippen LogP contribution in [0, 0.1) is 10.1 Å². The topological polar surface area (TPSA) is 76.0 Å². The second-order valence-electron chi connectivity index (χ2n) is 2.10. The molecule has 0 fully saturated rings. The number of aromatic amines is 1. The molecular weight excluding hydrogens is 228 g/mol. The van der Waals surface area contributed by atoms with Gasteiger partial charge in [-0.2, -0.15) is 0 Å². The first-order valence-corrected chi connectivity index (χ1v) is 4.19. The number of aromatic nitrogens is 1. The summed E-state index contributed by atoms with van der Waals surface area (Å²) in [6.45, 7) is 0. The summed E-state index contributed by atoms with van der Waals surface area (Å²) in [6.07, 6.45) is 1.08. The van der Waals surface area contributed by atoms with E-state index in [1.807, 2.05) is 0 Å². The minimum Gasteiger partial charge on any atom is -0.323 e. The number of nitrogens with one attached hydrogen (secondary N) is 1. The lowest BCUT2D eigenvalue weighted by Gasteiger charge is -1.93. The SMILES string of the molecule is O=c1[nH]cc([N+](=O)[O-])cc1CBr. The molecule has 0 aliphatic heterocycles. The summed E-state index contributed by atoms with van der Waals surface area (Å²) < 4.78 is 0. The zero-order chi connectivity index (χ0) is 9.14. The average molecular weight is 233 g/mol. The highest BCUT2D eigenvalue weighted by Gasteiger charge is 2.07. The lowest BCUT2D eigenvalue weighted by molar-refractivity contribution is -0.385. The second-order valence-corrected chi connectivity index (χ2v) is 2.66. The molecule has 12 heavy (non-hydrogen) atoms. The molecular formula is C6H5BrN2O3. The van der Waals surface area contributed by atoms with Gasteiger partial charge in [0.25, 0.3) is 11.2 Å². The molecule has 1 rings (SSSR count).